The summed E-state index contributed by atoms with van der Waals surface area (Å²) in [5, 5.41) is 0. The highest BCUT2D eigenvalue weighted by atomic mass is 16.5. The summed E-state index contributed by atoms with van der Waals surface area (Å²) in [6.45, 7) is 0.714. The second kappa shape index (κ2) is 9.94. The molecule has 3 aliphatic rings. The van der Waals surface area contributed by atoms with Crippen LogP contribution in [0.15, 0.2) is 84.0 Å². The van der Waals surface area contributed by atoms with Gasteiger partial charge in [0.05, 0.1) is 50.8 Å². The van der Waals surface area contributed by atoms with Gasteiger partial charge in [-0.25, -0.2) is 9.59 Å². The molecular formula is C26H26O6. The van der Waals surface area contributed by atoms with Crippen LogP contribution in [0.4, 0.5) is 0 Å². The van der Waals surface area contributed by atoms with Crippen LogP contribution in [0.5, 0.6) is 0 Å². The fraction of sp³-hybridized carbons (Fsp3) is 0.308. The molecule has 2 aromatic rings. The Labute approximate surface area is 187 Å². The zero-order valence-corrected chi connectivity index (χ0v) is 18.1. The van der Waals surface area contributed by atoms with Crippen LogP contribution in [-0.4, -0.2) is 38.4 Å². The van der Waals surface area contributed by atoms with E-state index in [2.05, 4.69) is 0 Å². The highest BCUT2D eigenvalue weighted by molar-refractivity contribution is 6.02. The van der Waals surface area contributed by atoms with Gasteiger partial charge in [0.15, 0.2) is 0 Å². The number of rotatable bonds is 8. The fourth-order valence-corrected chi connectivity index (χ4v) is 4.39. The van der Waals surface area contributed by atoms with Crippen LogP contribution >= 0.6 is 0 Å². The van der Waals surface area contributed by atoms with Crippen molar-refractivity contribution < 1.29 is 28.5 Å². The number of ether oxygens (including phenoxy) is 4. The Morgan fingerprint density at radius 2 is 1.03 bits per heavy atom. The Hall–Kier alpha value is -3.22. The van der Waals surface area contributed by atoms with Crippen molar-refractivity contribution in [3.05, 3.63) is 95.1 Å². The van der Waals surface area contributed by atoms with Gasteiger partial charge in [0, 0.05) is 11.8 Å². The van der Waals surface area contributed by atoms with Gasteiger partial charge in [-0.05, 0) is 11.1 Å². The number of hydrogen-bond donors (Lipinski definition) is 0. The Balaban J connectivity index is 1.67. The van der Waals surface area contributed by atoms with E-state index in [9.17, 15) is 9.59 Å². The van der Waals surface area contributed by atoms with Crippen LogP contribution in [0.1, 0.15) is 11.1 Å². The van der Waals surface area contributed by atoms with E-state index in [4.69, 9.17) is 18.9 Å². The summed E-state index contributed by atoms with van der Waals surface area (Å²) in [6, 6.07) is 19.6. The van der Waals surface area contributed by atoms with Crippen molar-refractivity contribution in [2.24, 2.45) is 11.8 Å². The van der Waals surface area contributed by atoms with Crippen LogP contribution in [0.25, 0.3) is 0 Å². The average Bonchev–Trinajstić information content (AvgIpc) is 2.86. The third-order valence-corrected chi connectivity index (χ3v) is 5.90. The number of hydrogen-bond acceptors (Lipinski definition) is 6. The van der Waals surface area contributed by atoms with Gasteiger partial charge in [0.25, 0.3) is 0 Å². The van der Waals surface area contributed by atoms with E-state index in [0.717, 1.165) is 11.1 Å². The number of carbonyl (C=O) groups is 2. The molecule has 0 spiro atoms. The molecule has 2 bridgehead atoms. The van der Waals surface area contributed by atoms with Crippen molar-refractivity contribution >= 4 is 11.9 Å². The van der Waals surface area contributed by atoms with E-state index < -0.39 is 36.0 Å². The minimum absolute atomic E-state index is 0.282. The van der Waals surface area contributed by atoms with Gasteiger partial charge in [-0.15, -0.1) is 0 Å². The number of fused-ring (bicyclic) bond motifs is 1. The second-order valence-corrected chi connectivity index (χ2v) is 7.77. The molecule has 32 heavy (non-hydrogen) atoms. The number of esters is 2. The lowest BCUT2D eigenvalue weighted by atomic mass is 9.67. The first-order valence-electron chi connectivity index (χ1n) is 10.5. The van der Waals surface area contributed by atoms with Crippen molar-refractivity contribution in [2.75, 3.05) is 14.2 Å². The summed E-state index contributed by atoms with van der Waals surface area (Å²) in [7, 11) is 2.61. The topological polar surface area (TPSA) is 71.1 Å². The molecular weight excluding hydrogens is 408 g/mol. The van der Waals surface area contributed by atoms with Crippen molar-refractivity contribution in [3.8, 4) is 0 Å². The van der Waals surface area contributed by atoms with Crippen molar-refractivity contribution in [1.82, 2.24) is 0 Å². The Morgan fingerprint density at radius 3 is 1.38 bits per heavy atom. The summed E-state index contributed by atoms with van der Waals surface area (Å²) in [5.74, 6) is -2.07. The quantitative estimate of drug-likeness (QED) is 0.467. The zero-order valence-electron chi connectivity index (χ0n) is 18.1. The van der Waals surface area contributed by atoms with Crippen molar-refractivity contribution in [1.29, 1.82) is 0 Å². The van der Waals surface area contributed by atoms with Crippen LogP contribution in [0, 0.1) is 11.8 Å². The lowest BCUT2D eigenvalue weighted by Gasteiger charge is -2.45. The molecule has 0 radical (unpaired) electrons. The van der Waals surface area contributed by atoms with E-state index >= 15 is 0 Å². The largest absolute Gasteiger partial charge is 0.466 e. The van der Waals surface area contributed by atoms with E-state index in [1.54, 1.807) is 0 Å². The Bertz CT molecular complexity index is 930. The lowest BCUT2D eigenvalue weighted by Crippen LogP contribution is -2.52. The predicted octanol–water partition coefficient (Wildman–Crippen LogP) is 3.62. The summed E-state index contributed by atoms with van der Waals surface area (Å²) in [6.07, 6.45) is 2.89. The molecule has 0 amide bonds. The molecule has 3 aliphatic carbocycles. The van der Waals surface area contributed by atoms with Crippen LogP contribution < -0.4 is 0 Å². The molecule has 2 aromatic carbocycles. The lowest BCUT2D eigenvalue weighted by molar-refractivity contribution is -0.149. The van der Waals surface area contributed by atoms with Crippen LogP contribution in [0.2, 0.25) is 0 Å². The summed E-state index contributed by atoms with van der Waals surface area (Å²) in [4.78, 5) is 25.4. The first-order valence-corrected chi connectivity index (χ1v) is 10.5. The highest BCUT2D eigenvalue weighted by Crippen LogP contribution is 2.45. The van der Waals surface area contributed by atoms with E-state index in [0.29, 0.717) is 13.2 Å². The van der Waals surface area contributed by atoms with Gasteiger partial charge in [-0.2, -0.15) is 0 Å². The fourth-order valence-electron chi connectivity index (χ4n) is 4.39. The normalized spacial score (nSPS) is 23.8. The maximum absolute atomic E-state index is 12.7. The van der Waals surface area contributed by atoms with E-state index in [1.807, 2.05) is 72.8 Å². The van der Waals surface area contributed by atoms with Gasteiger partial charge in [-0.1, -0.05) is 72.8 Å². The second-order valence-electron chi connectivity index (χ2n) is 7.77. The van der Waals surface area contributed by atoms with Gasteiger partial charge in [0.1, 0.15) is 0 Å². The number of benzene rings is 2. The Morgan fingerprint density at radius 1 is 0.656 bits per heavy atom. The molecule has 0 N–H and O–H groups in total. The summed E-state index contributed by atoms with van der Waals surface area (Å²) >= 11 is 0. The predicted molar refractivity (Wildman–Crippen MR) is 117 cm³/mol. The maximum atomic E-state index is 12.7. The third-order valence-electron chi connectivity index (χ3n) is 5.90. The summed E-state index contributed by atoms with van der Waals surface area (Å²) in [5.41, 5.74) is 2.59. The van der Waals surface area contributed by atoms with Gasteiger partial charge in [-0.3, -0.25) is 0 Å². The molecule has 0 aromatic heterocycles. The van der Waals surface area contributed by atoms with Crippen molar-refractivity contribution in [2.45, 2.75) is 25.4 Å². The standard InChI is InChI=1S/C26H26O6/c1-29-25(27)21-19-13-14-20(22(21)26(28)30-2)24(32-16-18-11-7-4-8-12-18)23(19)31-15-17-9-5-3-6-10-17/h3-14,19-20,23-24H,15-16H2,1-2H3/t19-,20+,23-,24-/m1/s1. The molecule has 0 aliphatic heterocycles. The number of carbonyl (C=O) groups excluding carboxylic acids is 2. The minimum Gasteiger partial charge on any atom is -0.466 e. The minimum atomic E-state index is -0.556. The van der Waals surface area contributed by atoms with Crippen LogP contribution in [0.3, 0.4) is 0 Å². The first-order chi connectivity index (χ1) is 15.6. The zero-order chi connectivity index (χ0) is 22.5. The molecule has 5 rings (SSSR count). The SMILES string of the molecule is COC(=O)C1=C(C(=O)OC)[C@@H]2C=C[C@H]1[C@@H](OCc1ccccc1)[C@@H]2OCc1ccccc1. The monoisotopic (exact) mass is 434 g/mol. The molecule has 6 nitrogen and oxygen atoms in total. The third kappa shape index (κ3) is 4.38. The molecule has 4 atom stereocenters. The maximum Gasteiger partial charge on any atom is 0.335 e. The van der Waals surface area contributed by atoms with Gasteiger partial charge >= 0.3 is 11.9 Å². The van der Waals surface area contributed by atoms with Crippen LogP contribution in [-0.2, 0) is 41.8 Å². The molecule has 0 fully saturated rings. The molecule has 166 valence electrons. The van der Waals surface area contributed by atoms with Gasteiger partial charge in [0.2, 0.25) is 0 Å². The smallest absolute Gasteiger partial charge is 0.335 e. The van der Waals surface area contributed by atoms with Crippen molar-refractivity contribution in [3.63, 3.8) is 0 Å². The molecule has 0 saturated carbocycles. The van der Waals surface area contributed by atoms with Gasteiger partial charge < -0.3 is 18.9 Å². The Kier molecular flexibility index (Phi) is 6.83. The number of methoxy groups -OCH3 is 2. The first kappa shape index (κ1) is 22.0. The summed E-state index contributed by atoms with van der Waals surface area (Å²) < 4.78 is 22.7. The molecule has 0 saturated heterocycles. The van der Waals surface area contributed by atoms with E-state index in [1.165, 1.54) is 14.2 Å². The molecule has 6 heteroatoms. The molecule has 0 unspecified atom stereocenters. The highest BCUT2D eigenvalue weighted by Gasteiger charge is 2.51. The average molecular weight is 434 g/mol. The van der Waals surface area contributed by atoms with E-state index in [-0.39, 0.29) is 11.1 Å². The molecule has 0 heterocycles.